The van der Waals surface area contributed by atoms with Crippen molar-refractivity contribution in [2.24, 2.45) is 0 Å². The minimum absolute atomic E-state index is 0.136. The Balaban J connectivity index is 1.58. The topological polar surface area (TPSA) is 74.3 Å². The van der Waals surface area contributed by atoms with Crippen molar-refractivity contribution in [2.75, 3.05) is 26.0 Å². The third-order valence-electron chi connectivity index (χ3n) is 3.79. The van der Waals surface area contributed by atoms with Crippen LogP contribution in [0.25, 0.3) is 10.2 Å². The molecule has 1 aromatic heterocycles. The molecule has 0 aliphatic carbocycles. The number of fused-ring (bicyclic) bond motifs is 1. The Labute approximate surface area is 155 Å². The lowest BCUT2D eigenvalue weighted by atomic mass is 10.2. The number of para-hydroxylation sites is 1. The van der Waals surface area contributed by atoms with Gasteiger partial charge in [0.25, 0.3) is 5.91 Å². The highest BCUT2D eigenvalue weighted by atomic mass is 32.1. The number of hydrogen-bond donors (Lipinski definition) is 2. The number of nitrogens with zero attached hydrogens (tertiary/aromatic N) is 2. The van der Waals surface area contributed by atoms with Gasteiger partial charge in [-0.25, -0.2) is 4.98 Å². The number of carbonyl (C=O) groups excluding carboxylic acids is 2. The van der Waals surface area contributed by atoms with Crippen LogP contribution in [0.15, 0.2) is 48.5 Å². The zero-order chi connectivity index (χ0) is 18.5. The molecule has 3 aromatic rings. The largest absolute Gasteiger partial charge is 0.355 e. The molecule has 2 aromatic carbocycles. The third-order valence-corrected chi connectivity index (χ3v) is 4.81. The number of thiazole rings is 1. The summed E-state index contributed by atoms with van der Waals surface area (Å²) in [6.07, 6.45) is 0. The van der Waals surface area contributed by atoms with Crippen molar-refractivity contribution in [2.45, 2.75) is 6.54 Å². The summed E-state index contributed by atoms with van der Waals surface area (Å²) in [5.74, 6) is -0.322. The van der Waals surface area contributed by atoms with Crippen LogP contribution >= 0.6 is 11.3 Å². The Bertz CT molecular complexity index is 905. The number of likely N-dealkylation sites (N-methyl/N-ethyl adjacent to an activating group) is 1. The van der Waals surface area contributed by atoms with Crippen molar-refractivity contribution in [3.8, 4) is 0 Å². The summed E-state index contributed by atoms with van der Waals surface area (Å²) in [5, 5.41) is 6.37. The van der Waals surface area contributed by atoms with Crippen molar-refractivity contribution < 1.29 is 9.59 Å². The predicted molar refractivity (Wildman–Crippen MR) is 104 cm³/mol. The number of rotatable bonds is 6. The number of amides is 2. The number of aromatic nitrogens is 1. The molecular formula is C19H20N4O2S. The first-order valence-electron chi connectivity index (χ1n) is 8.20. The monoisotopic (exact) mass is 368 g/mol. The first-order valence-corrected chi connectivity index (χ1v) is 9.02. The van der Waals surface area contributed by atoms with Gasteiger partial charge < -0.3 is 10.6 Å². The molecule has 0 aliphatic rings. The number of carbonyl (C=O) groups is 2. The second-order valence-corrected chi connectivity index (χ2v) is 7.07. The standard InChI is InChI=1S/C19H20N4O2S/c1-20-19(25)13-6-5-7-14(10-13)21-17(24)11-23(2)12-18-22-15-8-3-4-9-16(15)26-18/h3-10H,11-12H2,1-2H3,(H,20,25)(H,21,24). The fraction of sp³-hybridized carbons (Fsp3) is 0.211. The van der Waals surface area contributed by atoms with Crippen molar-refractivity contribution in [1.82, 2.24) is 15.2 Å². The van der Waals surface area contributed by atoms with Gasteiger partial charge in [-0.3, -0.25) is 14.5 Å². The molecule has 0 spiro atoms. The highest BCUT2D eigenvalue weighted by Gasteiger charge is 2.11. The van der Waals surface area contributed by atoms with Crippen LogP contribution in [0.5, 0.6) is 0 Å². The minimum atomic E-state index is -0.186. The minimum Gasteiger partial charge on any atom is -0.355 e. The van der Waals surface area contributed by atoms with Gasteiger partial charge in [-0.1, -0.05) is 18.2 Å². The molecule has 0 atom stereocenters. The molecule has 1 heterocycles. The molecule has 0 fully saturated rings. The molecule has 7 heteroatoms. The number of benzene rings is 2. The SMILES string of the molecule is CNC(=O)c1cccc(NC(=O)CN(C)Cc2nc3ccccc3s2)c1. The quantitative estimate of drug-likeness (QED) is 0.702. The van der Waals surface area contributed by atoms with Gasteiger partial charge >= 0.3 is 0 Å². The second-order valence-electron chi connectivity index (χ2n) is 5.96. The van der Waals surface area contributed by atoms with Crippen LogP contribution in [-0.4, -0.2) is 42.3 Å². The van der Waals surface area contributed by atoms with Crippen LogP contribution in [0.2, 0.25) is 0 Å². The summed E-state index contributed by atoms with van der Waals surface area (Å²) in [4.78, 5) is 30.4. The molecule has 0 radical (unpaired) electrons. The zero-order valence-electron chi connectivity index (χ0n) is 14.7. The molecule has 26 heavy (non-hydrogen) atoms. The summed E-state index contributed by atoms with van der Waals surface area (Å²) >= 11 is 1.64. The molecule has 2 amide bonds. The predicted octanol–water partition coefficient (Wildman–Crippen LogP) is 2.73. The summed E-state index contributed by atoms with van der Waals surface area (Å²) in [6.45, 7) is 0.838. The zero-order valence-corrected chi connectivity index (χ0v) is 15.5. The van der Waals surface area contributed by atoms with Crippen molar-refractivity contribution >= 4 is 39.1 Å². The van der Waals surface area contributed by atoms with E-state index in [1.807, 2.05) is 36.2 Å². The number of hydrogen-bond acceptors (Lipinski definition) is 5. The van der Waals surface area contributed by atoms with E-state index in [9.17, 15) is 9.59 Å². The summed E-state index contributed by atoms with van der Waals surface area (Å²) in [7, 11) is 3.46. The Morgan fingerprint density at radius 3 is 2.73 bits per heavy atom. The first kappa shape index (κ1) is 18.0. The van der Waals surface area contributed by atoms with Crippen LogP contribution in [0.3, 0.4) is 0 Å². The van der Waals surface area contributed by atoms with Gasteiger partial charge in [0.15, 0.2) is 0 Å². The molecule has 0 unspecified atom stereocenters. The van der Waals surface area contributed by atoms with Crippen LogP contribution in [0.4, 0.5) is 5.69 Å². The van der Waals surface area contributed by atoms with E-state index < -0.39 is 0 Å². The van der Waals surface area contributed by atoms with Gasteiger partial charge in [-0.15, -0.1) is 11.3 Å². The normalized spacial score (nSPS) is 10.9. The van der Waals surface area contributed by atoms with Crippen LogP contribution in [0, 0.1) is 0 Å². The molecular weight excluding hydrogens is 348 g/mol. The van der Waals surface area contributed by atoms with E-state index in [1.165, 1.54) is 0 Å². The highest BCUT2D eigenvalue weighted by molar-refractivity contribution is 7.18. The molecule has 3 rings (SSSR count). The average molecular weight is 368 g/mol. The van der Waals surface area contributed by atoms with E-state index in [4.69, 9.17) is 0 Å². The third kappa shape index (κ3) is 4.44. The Kier molecular flexibility index (Phi) is 5.60. The lowest BCUT2D eigenvalue weighted by Crippen LogP contribution is -2.29. The van der Waals surface area contributed by atoms with Crippen molar-refractivity contribution in [1.29, 1.82) is 0 Å². The maximum absolute atomic E-state index is 12.3. The molecule has 0 aliphatic heterocycles. The van der Waals surface area contributed by atoms with Crippen molar-refractivity contribution in [3.63, 3.8) is 0 Å². The molecule has 134 valence electrons. The molecule has 0 saturated heterocycles. The van der Waals surface area contributed by atoms with E-state index in [0.717, 1.165) is 15.2 Å². The summed E-state index contributed by atoms with van der Waals surface area (Å²) in [6, 6.07) is 14.9. The van der Waals surface area contributed by atoms with Gasteiger partial charge in [0.2, 0.25) is 5.91 Å². The Hall–Kier alpha value is -2.77. The van der Waals surface area contributed by atoms with Gasteiger partial charge in [0.1, 0.15) is 5.01 Å². The summed E-state index contributed by atoms with van der Waals surface area (Å²) in [5.41, 5.74) is 2.09. The fourth-order valence-corrected chi connectivity index (χ4v) is 3.65. The van der Waals surface area contributed by atoms with Crippen molar-refractivity contribution in [3.05, 3.63) is 59.1 Å². The molecule has 6 nitrogen and oxygen atoms in total. The number of anilines is 1. The van der Waals surface area contributed by atoms with Gasteiger partial charge in [0, 0.05) is 18.3 Å². The lowest BCUT2D eigenvalue weighted by Gasteiger charge is -2.15. The maximum Gasteiger partial charge on any atom is 0.251 e. The van der Waals surface area contributed by atoms with Crippen LogP contribution in [0.1, 0.15) is 15.4 Å². The summed E-state index contributed by atoms with van der Waals surface area (Å²) < 4.78 is 1.14. The van der Waals surface area contributed by atoms with Crippen LogP contribution < -0.4 is 10.6 Å². The highest BCUT2D eigenvalue weighted by Crippen LogP contribution is 2.22. The van der Waals surface area contributed by atoms with Gasteiger partial charge in [0.05, 0.1) is 23.3 Å². The van der Waals surface area contributed by atoms with E-state index in [2.05, 4.69) is 15.6 Å². The average Bonchev–Trinajstić information content (AvgIpc) is 3.03. The molecule has 0 saturated carbocycles. The van der Waals surface area contributed by atoms with E-state index in [-0.39, 0.29) is 18.4 Å². The Morgan fingerprint density at radius 2 is 1.96 bits per heavy atom. The smallest absolute Gasteiger partial charge is 0.251 e. The fourth-order valence-electron chi connectivity index (χ4n) is 2.60. The van der Waals surface area contributed by atoms with Crippen LogP contribution in [-0.2, 0) is 11.3 Å². The molecule has 2 N–H and O–H groups in total. The van der Waals surface area contributed by atoms with E-state index in [0.29, 0.717) is 17.8 Å². The van der Waals surface area contributed by atoms with Gasteiger partial charge in [-0.05, 0) is 37.4 Å². The van der Waals surface area contributed by atoms with E-state index in [1.54, 1.807) is 42.6 Å². The molecule has 0 bridgehead atoms. The van der Waals surface area contributed by atoms with Gasteiger partial charge in [-0.2, -0.15) is 0 Å². The maximum atomic E-state index is 12.3. The lowest BCUT2D eigenvalue weighted by molar-refractivity contribution is -0.117. The Morgan fingerprint density at radius 1 is 1.15 bits per heavy atom. The first-order chi connectivity index (χ1) is 12.5. The second kappa shape index (κ2) is 8.07. The van der Waals surface area contributed by atoms with E-state index >= 15 is 0 Å². The number of nitrogens with one attached hydrogen (secondary N) is 2.